The number of rotatable bonds is 9. The number of hydrogen-bond acceptors (Lipinski definition) is 2. The molecule has 1 unspecified atom stereocenters. The third-order valence-corrected chi connectivity index (χ3v) is 15.4. The fraction of sp³-hybridized carbons (Fsp3) is 0.692. The first-order valence-corrected chi connectivity index (χ1v) is 18.8. The number of ether oxygens (including phenoxy) is 2. The van der Waals surface area contributed by atoms with Crippen molar-refractivity contribution in [3.8, 4) is 22.6 Å². The summed E-state index contributed by atoms with van der Waals surface area (Å²) in [5.74, 6) is 6.41. The normalized spacial score (nSPS) is 28.2. The first-order valence-electron chi connectivity index (χ1n) is 17.4. The van der Waals surface area contributed by atoms with Crippen molar-refractivity contribution in [2.24, 2.45) is 17.8 Å². The summed E-state index contributed by atoms with van der Waals surface area (Å²) in [7, 11) is 3.40. The van der Waals surface area contributed by atoms with Crippen LogP contribution < -0.4 is 14.8 Å². The van der Waals surface area contributed by atoms with Gasteiger partial charge in [-0.1, -0.05) is 80.9 Å². The Morgan fingerprint density at radius 2 is 1.17 bits per heavy atom. The van der Waals surface area contributed by atoms with Gasteiger partial charge in [0.05, 0.1) is 14.2 Å². The van der Waals surface area contributed by atoms with Gasteiger partial charge in [0.2, 0.25) is 0 Å². The Labute approximate surface area is 258 Å². The van der Waals surface area contributed by atoms with E-state index in [9.17, 15) is 0 Å². The predicted octanol–water partition coefficient (Wildman–Crippen LogP) is 11.1. The van der Waals surface area contributed by atoms with Gasteiger partial charge in [-0.05, 0) is 132 Å². The van der Waals surface area contributed by atoms with Crippen molar-refractivity contribution in [2.75, 3.05) is 14.2 Å². The molecule has 0 N–H and O–H groups in total. The fourth-order valence-electron chi connectivity index (χ4n) is 10.1. The zero-order valence-electron chi connectivity index (χ0n) is 27.9. The van der Waals surface area contributed by atoms with Crippen LogP contribution in [0.5, 0.6) is 11.5 Å². The Morgan fingerprint density at radius 3 is 1.62 bits per heavy atom. The van der Waals surface area contributed by atoms with Crippen LogP contribution in [0.3, 0.4) is 0 Å². The molecule has 0 saturated heterocycles. The standard InChI is InChI=1S/C39H57O2P/c1-24(2)30-19-32(25(3)4)36(33(20-30)26(5)6)37-34(40-7)14-15-35(41-8)38(37)42(31-12-10-9-11-13-31)39-21-27-16-28(22-39)18-29(17-27)23-39/h14-15,19-20,24-29,31H,9-13,16-18,21-23H2,1-8H3. The molecule has 5 aliphatic rings. The lowest BCUT2D eigenvalue weighted by molar-refractivity contribution is 0.0354. The van der Waals surface area contributed by atoms with Crippen LogP contribution >= 0.6 is 7.92 Å². The summed E-state index contributed by atoms with van der Waals surface area (Å²) in [6.45, 7) is 14.3. The van der Waals surface area contributed by atoms with Crippen molar-refractivity contribution in [3.05, 3.63) is 41.0 Å². The van der Waals surface area contributed by atoms with E-state index in [1.54, 1.807) is 5.30 Å². The van der Waals surface area contributed by atoms with Gasteiger partial charge >= 0.3 is 0 Å². The largest absolute Gasteiger partial charge is 0.496 e. The molecule has 42 heavy (non-hydrogen) atoms. The van der Waals surface area contributed by atoms with Crippen LogP contribution in [0.2, 0.25) is 0 Å². The lowest BCUT2D eigenvalue weighted by Gasteiger charge is -2.61. The van der Waals surface area contributed by atoms with Crippen LogP contribution in [0.15, 0.2) is 24.3 Å². The number of methoxy groups -OCH3 is 2. The molecule has 0 radical (unpaired) electrons. The molecule has 0 spiro atoms. The van der Waals surface area contributed by atoms with E-state index in [4.69, 9.17) is 9.47 Å². The van der Waals surface area contributed by atoms with Crippen molar-refractivity contribution >= 4 is 13.2 Å². The van der Waals surface area contributed by atoms with Gasteiger partial charge in [0.15, 0.2) is 0 Å². The zero-order valence-corrected chi connectivity index (χ0v) is 28.8. The SMILES string of the molecule is COc1ccc(OC)c(P(C2CCCCC2)C23CC4CC(CC(C4)C2)C3)c1-c1c(C(C)C)cc(C(C)C)cc1C(C)C. The average molecular weight is 589 g/mol. The predicted molar refractivity (Wildman–Crippen MR) is 182 cm³/mol. The second kappa shape index (κ2) is 12.1. The maximum absolute atomic E-state index is 6.47. The third kappa shape index (κ3) is 5.35. The van der Waals surface area contributed by atoms with Gasteiger partial charge in [-0.3, -0.25) is 0 Å². The second-order valence-electron chi connectivity index (χ2n) is 15.5. The molecule has 0 aliphatic heterocycles. The van der Waals surface area contributed by atoms with Crippen LogP contribution in [0.4, 0.5) is 0 Å². The van der Waals surface area contributed by atoms with Crippen molar-refractivity contribution in [1.82, 2.24) is 0 Å². The Morgan fingerprint density at radius 1 is 0.667 bits per heavy atom. The number of benzene rings is 2. The van der Waals surface area contributed by atoms with Gasteiger partial charge in [-0.2, -0.15) is 0 Å². The first-order chi connectivity index (χ1) is 20.2. The highest BCUT2D eigenvalue weighted by atomic mass is 31.1. The topological polar surface area (TPSA) is 18.5 Å². The van der Waals surface area contributed by atoms with E-state index in [-0.39, 0.29) is 0 Å². The summed E-state index contributed by atoms with van der Waals surface area (Å²) >= 11 is 0. The summed E-state index contributed by atoms with van der Waals surface area (Å²) in [4.78, 5) is 0. The van der Waals surface area contributed by atoms with Crippen LogP contribution in [0, 0.1) is 17.8 Å². The second-order valence-corrected chi connectivity index (χ2v) is 18.4. The highest BCUT2D eigenvalue weighted by molar-refractivity contribution is 7.68. The van der Waals surface area contributed by atoms with Gasteiger partial charge in [-0.25, -0.2) is 0 Å². The lowest BCUT2D eigenvalue weighted by Crippen LogP contribution is -2.52. The molecule has 5 aliphatic carbocycles. The molecule has 4 bridgehead atoms. The minimum absolute atomic E-state index is 0.429. The van der Waals surface area contributed by atoms with E-state index in [2.05, 4.69) is 65.8 Å². The van der Waals surface area contributed by atoms with Gasteiger partial charge in [-0.15, -0.1) is 0 Å². The molecule has 2 aromatic rings. The Bertz CT molecular complexity index is 1200. The van der Waals surface area contributed by atoms with Crippen LogP contribution in [0.25, 0.3) is 11.1 Å². The van der Waals surface area contributed by atoms with E-state index >= 15 is 0 Å². The molecule has 1 atom stereocenters. The maximum atomic E-state index is 6.47. The quantitative estimate of drug-likeness (QED) is 0.271. The summed E-state index contributed by atoms with van der Waals surface area (Å²) in [6, 6.07) is 9.55. The summed E-state index contributed by atoms with van der Waals surface area (Å²) in [5.41, 5.74) is 8.09. The Kier molecular flexibility index (Phi) is 8.79. The monoisotopic (exact) mass is 588 g/mol. The molecule has 7 rings (SSSR count). The first kappa shape index (κ1) is 30.5. The summed E-state index contributed by atoms with van der Waals surface area (Å²) < 4.78 is 12.9. The third-order valence-electron chi connectivity index (χ3n) is 11.6. The average Bonchev–Trinajstić information content (AvgIpc) is 2.96. The highest BCUT2D eigenvalue weighted by Gasteiger charge is 2.57. The van der Waals surface area contributed by atoms with Crippen molar-refractivity contribution in [2.45, 2.75) is 141 Å². The van der Waals surface area contributed by atoms with Gasteiger partial charge in [0.1, 0.15) is 11.5 Å². The molecule has 2 nitrogen and oxygen atoms in total. The molecule has 0 heterocycles. The van der Waals surface area contributed by atoms with Crippen LogP contribution in [0.1, 0.15) is 147 Å². The van der Waals surface area contributed by atoms with E-state index < -0.39 is 7.92 Å². The van der Waals surface area contributed by atoms with E-state index in [1.807, 2.05) is 14.2 Å². The highest BCUT2D eigenvalue weighted by Crippen LogP contribution is 2.72. The molecule has 5 saturated carbocycles. The maximum Gasteiger partial charge on any atom is 0.127 e. The molecule has 0 aromatic heterocycles. The van der Waals surface area contributed by atoms with E-state index in [0.717, 1.165) is 34.9 Å². The van der Waals surface area contributed by atoms with Crippen molar-refractivity contribution in [1.29, 1.82) is 0 Å². The smallest absolute Gasteiger partial charge is 0.127 e. The Balaban J connectivity index is 1.67. The molecule has 3 heteroatoms. The summed E-state index contributed by atoms with van der Waals surface area (Å²) in [5, 5.41) is 2.04. The molecular formula is C39H57O2P. The van der Waals surface area contributed by atoms with Gasteiger partial charge < -0.3 is 9.47 Å². The van der Waals surface area contributed by atoms with Crippen molar-refractivity contribution < 1.29 is 9.47 Å². The fourth-order valence-corrected chi connectivity index (χ4v) is 14.8. The van der Waals surface area contributed by atoms with E-state index in [1.165, 1.54) is 98.4 Å². The lowest BCUT2D eigenvalue weighted by atomic mass is 9.56. The summed E-state index contributed by atoms with van der Waals surface area (Å²) in [6.07, 6.45) is 15.9. The Hall–Kier alpha value is -1.53. The van der Waals surface area contributed by atoms with Gasteiger partial charge in [0, 0.05) is 10.9 Å². The van der Waals surface area contributed by atoms with Gasteiger partial charge in [0.25, 0.3) is 0 Å². The molecular weight excluding hydrogens is 531 g/mol. The molecule has 2 aromatic carbocycles. The van der Waals surface area contributed by atoms with E-state index in [0.29, 0.717) is 22.9 Å². The number of hydrogen-bond donors (Lipinski definition) is 0. The minimum atomic E-state index is -0.429. The zero-order chi connectivity index (χ0) is 29.8. The minimum Gasteiger partial charge on any atom is -0.496 e. The van der Waals surface area contributed by atoms with Crippen LogP contribution in [-0.4, -0.2) is 25.0 Å². The van der Waals surface area contributed by atoms with Crippen LogP contribution in [-0.2, 0) is 0 Å². The molecule has 5 fully saturated rings. The molecule has 230 valence electrons. The van der Waals surface area contributed by atoms with Crippen molar-refractivity contribution in [3.63, 3.8) is 0 Å². The molecule has 0 amide bonds.